The summed E-state index contributed by atoms with van der Waals surface area (Å²) in [6, 6.07) is 15.7. The van der Waals surface area contributed by atoms with E-state index in [1.807, 2.05) is 69.3 Å². The zero-order chi connectivity index (χ0) is 19.0. The number of hydrogen-bond acceptors (Lipinski definition) is 5. The molecule has 0 fully saturated rings. The number of aromatic amines is 1. The fraction of sp³-hybridized carbons (Fsp3) is 0.190. The molecule has 0 aliphatic carbocycles. The number of Topliss-reactive ketones (excluding diaryl/α,β-unsaturated/α-hetero) is 1. The van der Waals surface area contributed by atoms with Crippen LogP contribution >= 0.6 is 11.8 Å². The molecule has 0 aliphatic rings. The normalized spacial score (nSPS) is 12.4. The number of thioether (sulfide) groups is 1. The Bertz CT molecular complexity index is 1130. The average molecular weight is 377 g/mol. The summed E-state index contributed by atoms with van der Waals surface area (Å²) < 4.78 is 5.79. The minimum Gasteiger partial charge on any atom is -0.411 e. The fourth-order valence-corrected chi connectivity index (χ4v) is 3.92. The van der Waals surface area contributed by atoms with E-state index in [-0.39, 0.29) is 11.0 Å². The summed E-state index contributed by atoms with van der Waals surface area (Å²) in [7, 11) is 0. The molecule has 136 valence electrons. The smallest absolute Gasteiger partial charge is 0.277 e. The second kappa shape index (κ2) is 7.04. The van der Waals surface area contributed by atoms with Crippen LogP contribution in [0.15, 0.2) is 58.2 Å². The van der Waals surface area contributed by atoms with E-state index in [9.17, 15) is 4.79 Å². The summed E-state index contributed by atoms with van der Waals surface area (Å²) in [5.74, 6) is 0.518. The molecule has 2 heterocycles. The Labute approximate surface area is 161 Å². The number of hydrogen-bond donors (Lipinski definition) is 1. The lowest BCUT2D eigenvalue weighted by Gasteiger charge is -2.07. The quantitative estimate of drug-likeness (QED) is 0.382. The maximum Gasteiger partial charge on any atom is 0.277 e. The number of nitrogens with one attached hydrogen (secondary N) is 1. The van der Waals surface area contributed by atoms with E-state index >= 15 is 0 Å². The van der Waals surface area contributed by atoms with E-state index in [2.05, 4.69) is 15.2 Å². The van der Waals surface area contributed by atoms with Crippen molar-refractivity contribution in [2.45, 2.75) is 31.2 Å². The molecule has 1 unspecified atom stereocenters. The molecule has 1 N–H and O–H groups in total. The molecule has 1 atom stereocenters. The third-order valence-corrected chi connectivity index (χ3v) is 5.50. The lowest BCUT2D eigenvalue weighted by molar-refractivity contribution is 0.0994. The maximum absolute atomic E-state index is 13.0. The van der Waals surface area contributed by atoms with Crippen LogP contribution in [0.4, 0.5) is 0 Å². The predicted molar refractivity (Wildman–Crippen MR) is 107 cm³/mol. The first-order valence-corrected chi connectivity index (χ1v) is 9.60. The molecule has 6 heteroatoms. The van der Waals surface area contributed by atoms with E-state index in [0.717, 1.165) is 33.3 Å². The van der Waals surface area contributed by atoms with E-state index in [1.165, 1.54) is 11.8 Å². The average Bonchev–Trinajstić information content (AvgIpc) is 3.25. The number of rotatable bonds is 5. The fourth-order valence-electron chi connectivity index (χ4n) is 3.18. The van der Waals surface area contributed by atoms with Crippen LogP contribution in [0.2, 0.25) is 0 Å². The third kappa shape index (κ3) is 3.28. The minimum absolute atomic E-state index is 0.0468. The van der Waals surface area contributed by atoms with E-state index < -0.39 is 0 Å². The van der Waals surface area contributed by atoms with Gasteiger partial charge in [-0.05, 0) is 38.5 Å². The Balaban J connectivity index is 1.57. The van der Waals surface area contributed by atoms with Gasteiger partial charge in [0.2, 0.25) is 5.89 Å². The van der Waals surface area contributed by atoms with Gasteiger partial charge in [-0.15, -0.1) is 10.2 Å². The molecule has 27 heavy (non-hydrogen) atoms. The van der Waals surface area contributed by atoms with Crippen molar-refractivity contribution < 1.29 is 9.21 Å². The number of aromatic nitrogens is 3. The highest BCUT2D eigenvalue weighted by atomic mass is 32.2. The van der Waals surface area contributed by atoms with Gasteiger partial charge in [0, 0.05) is 27.7 Å². The Morgan fingerprint density at radius 2 is 1.81 bits per heavy atom. The summed E-state index contributed by atoms with van der Waals surface area (Å²) >= 11 is 1.28. The highest BCUT2D eigenvalue weighted by Crippen LogP contribution is 2.31. The van der Waals surface area contributed by atoms with Gasteiger partial charge < -0.3 is 9.40 Å². The number of aryl methyl sites for hydroxylation is 2. The SMILES string of the molecule is Cc1ccccc1-c1nnc(SC(C)C(=O)c2c(C)[nH]c3ccccc23)o1. The summed E-state index contributed by atoms with van der Waals surface area (Å²) in [5.41, 5.74) is 4.54. The van der Waals surface area contributed by atoms with Crippen molar-refractivity contribution in [2.24, 2.45) is 0 Å². The molecular weight excluding hydrogens is 358 g/mol. The number of fused-ring (bicyclic) bond motifs is 1. The number of H-pyrrole nitrogens is 1. The van der Waals surface area contributed by atoms with Crippen molar-refractivity contribution in [3.63, 3.8) is 0 Å². The molecular formula is C21H19N3O2S. The standard InChI is InChI=1S/C21H19N3O2S/c1-12-8-4-5-9-15(12)20-23-24-21(26-20)27-14(3)19(25)18-13(2)22-17-11-7-6-10-16(17)18/h4-11,14,22H,1-3H3. The Kier molecular flexibility index (Phi) is 4.58. The summed E-state index contributed by atoms with van der Waals surface area (Å²) in [4.78, 5) is 16.3. The molecule has 2 aromatic heterocycles. The molecule has 0 amide bonds. The number of para-hydroxylation sites is 1. The predicted octanol–water partition coefficient (Wildman–Crippen LogP) is 5.20. The van der Waals surface area contributed by atoms with Gasteiger partial charge >= 0.3 is 0 Å². The lowest BCUT2D eigenvalue weighted by atomic mass is 10.1. The number of carbonyl (C=O) groups is 1. The monoisotopic (exact) mass is 377 g/mol. The van der Waals surface area contributed by atoms with Crippen molar-refractivity contribution in [3.8, 4) is 11.5 Å². The van der Waals surface area contributed by atoms with Crippen LogP contribution in [0, 0.1) is 13.8 Å². The Morgan fingerprint density at radius 1 is 1.07 bits per heavy atom. The van der Waals surface area contributed by atoms with E-state index in [4.69, 9.17) is 4.42 Å². The van der Waals surface area contributed by atoms with Crippen LogP contribution in [0.25, 0.3) is 22.4 Å². The van der Waals surface area contributed by atoms with E-state index in [0.29, 0.717) is 11.1 Å². The van der Waals surface area contributed by atoms with Crippen LogP contribution < -0.4 is 0 Å². The van der Waals surface area contributed by atoms with Gasteiger partial charge in [0.05, 0.1) is 5.25 Å². The van der Waals surface area contributed by atoms with Crippen LogP contribution in [0.3, 0.4) is 0 Å². The van der Waals surface area contributed by atoms with Crippen molar-refractivity contribution >= 4 is 28.4 Å². The molecule has 0 saturated carbocycles. The Hall–Kier alpha value is -2.86. The molecule has 0 bridgehead atoms. The van der Waals surface area contributed by atoms with E-state index in [1.54, 1.807) is 0 Å². The van der Waals surface area contributed by atoms with Gasteiger partial charge in [0.15, 0.2) is 5.78 Å². The second-order valence-corrected chi connectivity index (χ2v) is 7.78. The van der Waals surface area contributed by atoms with Gasteiger partial charge in [-0.1, -0.05) is 48.2 Å². The highest BCUT2D eigenvalue weighted by molar-refractivity contribution is 8.00. The summed E-state index contributed by atoms with van der Waals surface area (Å²) in [6.07, 6.45) is 0. The molecule has 0 saturated heterocycles. The van der Waals surface area contributed by atoms with Gasteiger partial charge in [0.1, 0.15) is 0 Å². The number of carbonyl (C=O) groups excluding carboxylic acids is 1. The first-order chi connectivity index (χ1) is 13.0. The first kappa shape index (κ1) is 17.5. The molecule has 5 nitrogen and oxygen atoms in total. The highest BCUT2D eigenvalue weighted by Gasteiger charge is 2.24. The van der Waals surface area contributed by atoms with Gasteiger partial charge in [-0.3, -0.25) is 4.79 Å². The summed E-state index contributed by atoms with van der Waals surface area (Å²) in [6.45, 7) is 5.79. The topological polar surface area (TPSA) is 71.8 Å². The van der Waals surface area contributed by atoms with Crippen molar-refractivity contribution in [2.75, 3.05) is 0 Å². The van der Waals surface area contributed by atoms with Gasteiger partial charge in [0.25, 0.3) is 5.22 Å². The maximum atomic E-state index is 13.0. The van der Waals surface area contributed by atoms with Gasteiger partial charge in [-0.2, -0.15) is 0 Å². The number of nitrogens with zero attached hydrogens (tertiary/aromatic N) is 2. The van der Waals surface area contributed by atoms with Crippen LogP contribution in [0.5, 0.6) is 0 Å². The van der Waals surface area contributed by atoms with Crippen molar-refractivity contribution in [1.82, 2.24) is 15.2 Å². The van der Waals surface area contributed by atoms with Crippen LogP contribution in [0.1, 0.15) is 28.5 Å². The lowest BCUT2D eigenvalue weighted by Crippen LogP contribution is -2.14. The Morgan fingerprint density at radius 3 is 2.63 bits per heavy atom. The van der Waals surface area contributed by atoms with Crippen molar-refractivity contribution in [3.05, 3.63) is 65.4 Å². The summed E-state index contributed by atoms with van der Waals surface area (Å²) in [5, 5.41) is 9.24. The molecule has 0 radical (unpaired) electrons. The minimum atomic E-state index is -0.340. The molecule has 0 spiro atoms. The zero-order valence-corrected chi connectivity index (χ0v) is 16.1. The third-order valence-electron chi connectivity index (χ3n) is 4.57. The molecule has 2 aromatic carbocycles. The van der Waals surface area contributed by atoms with Gasteiger partial charge in [-0.25, -0.2) is 0 Å². The molecule has 4 aromatic rings. The van der Waals surface area contributed by atoms with Crippen LogP contribution in [-0.4, -0.2) is 26.2 Å². The number of ketones is 1. The van der Waals surface area contributed by atoms with Crippen molar-refractivity contribution in [1.29, 1.82) is 0 Å². The first-order valence-electron chi connectivity index (χ1n) is 8.72. The number of benzene rings is 2. The molecule has 0 aliphatic heterocycles. The van der Waals surface area contributed by atoms with Crippen LogP contribution in [-0.2, 0) is 0 Å². The zero-order valence-electron chi connectivity index (χ0n) is 15.3. The molecule has 4 rings (SSSR count). The second-order valence-electron chi connectivity index (χ2n) is 6.48. The largest absolute Gasteiger partial charge is 0.411 e.